The van der Waals surface area contributed by atoms with E-state index in [2.05, 4.69) is 36.8 Å². The van der Waals surface area contributed by atoms with E-state index in [9.17, 15) is 0 Å². The summed E-state index contributed by atoms with van der Waals surface area (Å²) in [4.78, 5) is 4.06. The zero-order valence-electron chi connectivity index (χ0n) is 9.08. The van der Waals surface area contributed by atoms with Crippen molar-refractivity contribution in [3.05, 3.63) is 39.4 Å². The lowest BCUT2D eigenvalue weighted by atomic mass is 10.1. The van der Waals surface area contributed by atoms with E-state index in [0.29, 0.717) is 5.82 Å². The average molecular weight is 358 g/mol. The summed E-state index contributed by atoms with van der Waals surface area (Å²) in [5.74, 6) is 1.27. The van der Waals surface area contributed by atoms with Gasteiger partial charge in [0, 0.05) is 16.2 Å². The van der Waals surface area contributed by atoms with Gasteiger partial charge in [-0.1, -0.05) is 12.1 Å². The Morgan fingerprint density at radius 2 is 2.06 bits per heavy atom. The highest BCUT2D eigenvalue weighted by Gasteiger charge is 2.12. The number of pyridine rings is 1. The first-order valence-electron chi connectivity index (χ1n) is 4.87. The number of methoxy groups -OCH3 is 1. The number of halogens is 2. The van der Waals surface area contributed by atoms with E-state index < -0.39 is 0 Å². The third-order valence-electron chi connectivity index (χ3n) is 2.36. The van der Waals surface area contributed by atoms with Gasteiger partial charge in [-0.25, -0.2) is 4.98 Å². The van der Waals surface area contributed by atoms with Gasteiger partial charge in [0.05, 0.1) is 11.6 Å². The van der Waals surface area contributed by atoms with Crippen LogP contribution in [0.1, 0.15) is 0 Å². The first kappa shape index (κ1) is 12.4. The van der Waals surface area contributed by atoms with Crippen molar-refractivity contribution in [2.24, 2.45) is 0 Å². The van der Waals surface area contributed by atoms with Gasteiger partial charge in [-0.15, -0.1) is 0 Å². The van der Waals surface area contributed by atoms with Gasteiger partial charge in [0.25, 0.3) is 0 Å². The van der Waals surface area contributed by atoms with E-state index in [4.69, 9.17) is 10.5 Å². The molecule has 0 aliphatic carbocycles. The van der Waals surface area contributed by atoms with Gasteiger partial charge in [-0.2, -0.15) is 0 Å². The molecule has 0 saturated carbocycles. The van der Waals surface area contributed by atoms with Gasteiger partial charge in [-0.05, 0) is 49.6 Å². The smallest absolute Gasteiger partial charge is 0.138 e. The molecule has 0 saturated heterocycles. The SMILES string of the molecule is COc1cccc(-c2c(Br)cnc(N)c2Br)c1. The van der Waals surface area contributed by atoms with Crippen LogP contribution in [-0.4, -0.2) is 12.1 Å². The molecule has 1 aromatic carbocycles. The molecule has 0 aliphatic heterocycles. The number of aromatic nitrogens is 1. The highest BCUT2D eigenvalue weighted by molar-refractivity contribution is 9.11. The summed E-state index contributed by atoms with van der Waals surface area (Å²) in [5, 5.41) is 0. The summed E-state index contributed by atoms with van der Waals surface area (Å²) in [7, 11) is 1.64. The molecule has 0 amide bonds. The maximum absolute atomic E-state index is 5.79. The Balaban J connectivity index is 2.63. The molecule has 0 fully saturated rings. The molecule has 0 unspecified atom stereocenters. The van der Waals surface area contributed by atoms with Crippen LogP contribution in [0.25, 0.3) is 11.1 Å². The predicted molar refractivity (Wildman–Crippen MR) is 76.0 cm³/mol. The Morgan fingerprint density at radius 3 is 2.76 bits per heavy atom. The van der Waals surface area contributed by atoms with Gasteiger partial charge in [-0.3, -0.25) is 0 Å². The molecule has 0 spiro atoms. The van der Waals surface area contributed by atoms with E-state index in [-0.39, 0.29) is 0 Å². The molecule has 2 aromatic rings. The third kappa shape index (κ3) is 2.45. The Labute approximate surface area is 116 Å². The fraction of sp³-hybridized carbons (Fsp3) is 0.0833. The number of benzene rings is 1. The predicted octanol–water partition coefficient (Wildman–Crippen LogP) is 3.86. The summed E-state index contributed by atoms with van der Waals surface area (Å²) >= 11 is 6.93. The minimum Gasteiger partial charge on any atom is -0.497 e. The van der Waals surface area contributed by atoms with Crippen molar-refractivity contribution >= 4 is 37.7 Å². The molecule has 0 bridgehead atoms. The summed E-state index contributed by atoms with van der Waals surface area (Å²) in [6.45, 7) is 0. The zero-order valence-corrected chi connectivity index (χ0v) is 12.2. The monoisotopic (exact) mass is 356 g/mol. The van der Waals surface area contributed by atoms with Crippen molar-refractivity contribution in [3.63, 3.8) is 0 Å². The van der Waals surface area contributed by atoms with Crippen LogP contribution >= 0.6 is 31.9 Å². The highest BCUT2D eigenvalue weighted by atomic mass is 79.9. The molecule has 3 nitrogen and oxygen atoms in total. The second-order valence-corrected chi connectivity index (χ2v) is 5.06. The van der Waals surface area contributed by atoms with Crippen molar-refractivity contribution in [2.75, 3.05) is 12.8 Å². The fourth-order valence-corrected chi connectivity index (χ4v) is 2.86. The van der Waals surface area contributed by atoms with E-state index in [1.54, 1.807) is 13.3 Å². The molecule has 1 aromatic heterocycles. The molecular weight excluding hydrogens is 348 g/mol. The third-order valence-corrected chi connectivity index (χ3v) is 3.76. The van der Waals surface area contributed by atoms with E-state index in [0.717, 1.165) is 25.8 Å². The number of hydrogen-bond donors (Lipinski definition) is 1. The first-order chi connectivity index (χ1) is 8.13. The van der Waals surface area contributed by atoms with Gasteiger partial charge in [0.1, 0.15) is 11.6 Å². The second-order valence-electron chi connectivity index (χ2n) is 3.41. The Kier molecular flexibility index (Phi) is 3.69. The number of ether oxygens (including phenoxy) is 1. The molecule has 0 radical (unpaired) electrons. The average Bonchev–Trinajstić information content (AvgIpc) is 2.35. The molecule has 5 heteroatoms. The van der Waals surface area contributed by atoms with Crippen molar-refractivity contribution in [1.82, 2.24) is 4.98 Å². The number of nitrogens with two attached hydrogens (primary N) is 1. The minimum absolute atomic E-state index is 0.464. The van der Waals surface area contributed by atoms with Crippen LogP contribution in [0.3, 0.4) is 0 Å². The van der Waals surface area contributed by atoms with Crippen molar-refractivity contribution < 1.29 is 4.74 Å². The van der Waals surface area contributed by atoms with Crippen molar-refractivity contribution in [2.45, 2.75) is 0 Å². The number of anilines is 1. The topological polar surface area (TPSA) is 48.1 Å². The maximum Gasteiger partial charge on any atom is 0.138 e. The van der Waals surface area contributed by atoms with Crippen LogP contribution < -0.4 is 10.5 Å². The zero-order chi connectivity index (χ0) is 12.4. The Hall–Kier alpha value is -1.07. The number of hydrogen-bond acceptors (Lipinski definition) is 3. The number of nitrogen functional groups attached to an aromatic ring is 1. The Morgan fingerprint density at radius 1 is 1.29 bits per heavy atom. The largest absolute Gasteiger partial charge is 0.497 e. The lowest BCUT2D eigenvalue weighted by Gasteiger charge is -2.10. The van der Waals surface area contributed by atoms with E-state index in [1.807, 2.05) is 24.3 Å². The summed E-state index contributed by atoms with van der Waals surface area (Å²) < 4.78 is 6.87. The number of rotatable bonds is 2. The van der Waals surface area contributed by atoms with Gasteiger partial charge >= 0.3 is 0 Å². The summed E-state index contributed by atoms with van der Waals surface area (Å²) in [6, 6.07) is 7.77. The lowest BCUT2D eigenvalue weighted by molar-refractivity contribution is 0.415. The van der Waals surface area contributed by atoms with Crippen LogP contribution in [0, 0.1) is 0 Å². The highest BCUT2D eigenvalue weighted by Crippen LogP contribution is 2.38. The van der Waals surface area contributed by atoms with E-state index in [1.165, 1.54) is 0 Å². The molecular formula is C12H10Br2N2O. The van der Waals surface area contributed by atoms with Crippen LogP contribution in [0.4, 0.5) is 5.82 Å². The summed E-state index contributed by atoms with van der Waals surface area (Å²) in [5.41, 5.74) is 7.77. The van der Waals surface area contributed by atoms with E-state index >= 15 is 0 Å². The van der Waals surface area contributed by atoms with Gasteiger partial charge < -0.3 is 10.5 Å². The molecule has 2 N–H and O–H groups in total. The van der Waals surface area contributed by atoms with Crippen LogP contribution in [0.2, 0.25) is 0 Å². The summed E-state index contributed by atoms with van der Waals surface area (Å²) in [6.07, 6.45) is 1.69. The van der Waals surface area contributed by atoms with Crippen molar-refractivity contribution in [1.29, 1.82) is 0 Å². The molecule has 0 atom stereocenters. The molecule has 17 heavy (non-hydrogen) atoms. The molecule has 1 heterocycles. The maximum atomic E-state index is 5.79. The molecule has 0 aliphatic rings. The van der Waals surface area contributed by atoms with Crippen LogP contribution in [-0.2, 0) is 0 Å². The Bertz CT molecular complexity index is 558. The first-order valence-corrected chi connectivity index (χ1v) is 6.46. The lowest BCUT2D eigenvalue weighted by Crippen LogP contribution is -1.94. The van der Waals surface area contributed by atoms with Crippen molar-refractivity contribution in [3.8, 4) is 16.9 Å². The van der Waals surface area contributed by atoms with Gasteiger partial charge in [0.2, 0.25) is 0 Å². The van der Waals surface area contributed by atoms with Gasteiger partial charge in [0.15, 0.2) is 0 Å². The van der Waals surface area contributed by atoms with Crippen LogP contribution in [0.15, 0.2) is 39.4 Å². The van der Waals surface area contributed by atoms with Crippen LogP contribution in [0.5, 0.6) is 5.75 Å². The fourth-order valence-electron chi connectivity index (χ4n) is 1.52. The molecule has 88 valence electrons. The number of nitrogens with zero attached hydrogens (tertiary/aromatic N) is 1. The second kappa shape index (κ2) is 5.06. The molecule has 2 rings (SSSR count). The quantitative estimate of drug-likeness (QED) is 0.887. The minimum atomic E-state index is 0.464. The normalized spacial score (nSPS) is 10.3. The standard InChI is InChI=1S/C12H10Br2N2O/c1-17-8-4-2-3-7(5-8)10-9(13)6-16-12(15)11(10)14/h2-6H,1H3,(H2,15,16).